The van der Waals surface area contributed by atoms with Crippen molar-refractivity contribution in [1.29, 1.82) is 0 Å². The molecule has 35 heavy (non-hydrogen) atoms. The maximum Gasteiger partial charge on any atom is 0.243 e. The van der Waals surface area contributed by atoms with E-state index in [1.807, 2.05) is 18.4 Å². The molecule has 0 saturated carbocycles. The zero-order valence-electron chi connectivity index (χ0n) is 19.7. The number of thioether (sulfide) groups is 1. The van der Waals surface area contributed by atoms with Crippen molar-refractivity contribution in [2.45, 2.75) is 11.3 Å². The van der Waals surface area contributed by atoms with E-state index < -0.39 is 0 Å². The highest BCUT2D eigenvalue weighted by atomic mass is 32.2. The molecular formula is C27H23NO6S. The van der Waals surface area contributed by atoms with E-state index in [1.165, 1.54) is 18.9 Å². The van der Waals surface area contributed by atoms with E-state index in [4.69, 9.17) is 14.2 Å². The second-order valence-corrected chi connectivity index (χ2v) is 9.18. The quantitative estimate of drug-likeness (QED) is 0.373. The Labute approximate surface area is 207 Å². The Morgan fingerprint density at radius 2 is 1.31 bits per heavy atom. The van der Waals surface area contributed by atoms with Crippen LogP contribution < -0.4 is 19.1 Å². The van der Waals surface area contributed by atoms with E-state index in [1.54, 1.807) is 61.6 Å². The third kappa shape index (κ3) is 3.39. The molecule has 3 aromatic carbocycles. The molecule has 0 bridgehead atoms. The highest BCUT2D eigenvalue weighted by Gasteiger charge is 2.49. The summed E-state index contributed by atoms with van der Waals surface area (Å²) in [6.45, 7) is 0. The number of carbonyl (C=O) groups excluding carboxylic acids is 3. The summed E-state index contributed by atoms with van der Waals surface area (Å²) in [5.74, 6) is 0.947. The lowest BCUT2D eigenvalue weighted by molar-refractivity contribution is -0.123. The van der Waals surface area contributed by atoms with Gasteiger partial charge < -0.3 is 19.1 Å². The van der Waals surface area contributed by atoms with Crippen LogP contribution in [0.5, 0.6) is 17.2 Å². The van der Waals surface area contributed by atoms with Crippen molar-refractivity contribution in [3.63, 3.8) is 0 Å². The van der Waals surface area contributed by atoms with Crippen LogP contribution in [0.15, 0.2) is 54.6 Å². The van der Waals surface area contributed by atoms with Gasteiger partial charge in [-0.2, -0.15) is 0 Å². The SMILES string of the molecule is COc1cc(C2C(SC)C(=O)N2c2ccc3c(c2)C(=O)c2ccccc2C3=O)cc(OC)c1OC. The van der Waals surface area contributed by atoms with Gasteiger partial charge in [-0.05, 0) is 42.2 Å². The van der Waals surface area contributed by atoms with Crippen LogP contribution in [0.2, 0.25) is 0 Å². The molecule has 8 heteroatoms. The number of benzene rings is 3. The molecule has 1 fully saturated rings. The average molecular weight is 490 g/mol. The Bertz CT molecular complexity index is 1360. The molecule has 2 aliphatic rings. The number of nitrogens with zero attached hydrogens (tertiary/aromatic N) is 1. The lowest BCUT2D eigenvalue weighted by Crippen LogP contribution is -2.57. The Morgan fingerprint density at radius 3 is 1.86 bits per heavy atom. The largest absolute Gasteiger partial charge is 0.493 e. The molecule has 3 aromatic rings. The van der Waals surface area contributed by atoms with Gasteiger partial charge in [-0.1, -0.05) is 24.3 Å². The van der Waals surface area contributed by atoms with E-state index in [2.05, 4.69) is 0 Å². The standard InChI is InChI=1S/C27H23NO6S/c1-32-20-11-14(12-21(33-2)25(20)34-3)22-26(35-4)27(31)28(22)15-9-10-18-19(13-15)24(30)17-8-6-5-7-16(17)23(18)29/h5-13,22,26H,1-4H3. The van der Waals surface area contributed by atoms with Gasteiger partial charge in [0.2, 0.25) is 11.7 Å². The number of anilines is 1. The number of ether oxygens (including phenoxy) is 3. The first-order valence-corrected chi connectivity index (χ1v) is 12.2. The molecule has 178 valence electrons. The van der Waals surface area contributed by atoms with Crippen LogP contribution in [0.1, 0.15) is 43.4 Å². The highest BCUT2D eigenvalue weighted by molar-refractivity contribution is 8.00. The van der Waals surface area contributed by atoms with E-state index in [0.717, 1.165) is 5.56 Å². The van der Waals surface area contributed by atoms with Gasteiger partial charge in [0.05, 0.1) is 27.4 Å². The molecule has 1 aliphatic carbocycles. The van der Waals surface area contributed by atoms with Crippen molar-refractivity contribution in [1.82, 2.24) is 0 Å². The number of hydrogen-bond acceptors (Lipinski definition) is 7. The second-order valence-electron chi connectivity index (χ2n) is 8.20. The summed E-state index contributed by atoms with van der Waals surface area (Å²) in [6.07, 6.45) is 1.89. The maximum absolute atomic E-state index is 13.2. The summed E-state index contributed by atoms with van der Waals surface area (Å²) in [4.78, 5) is 41.1. The molecule has 5 rings (SSSR count). The minimum Gasteiger partial charge on any atom is -0.493 e. The first-order valence-electron chi connectivity index (χ1n) is 10.9. The normalized spacial score (nSPS) is 18.5. The van der Waals surface area contributed by atoms with Gasteiger partial charge in [-0.15, -0.1) is 11.8 Å². The molecule has 7 nitrogen and oxygen atoms in total. The van der Waals surface area contributed by atoms with E-state index >= 15 is 0 Å². The average Bonchev–Trinajstić information content (AvgIpc) is 2.89. The van der Waals surface area contributed by atoms with Crippen LogP contribution >= 0.6 is 11.8 Å². The minimum atomic E-state index is -0.328. The van der Waals surface area contributed by atoms with Crippen molar-refractivity contribution >= 4 is 34.9 Å². The molecule has 1 heterocycles. The van der Waals surface area contributed by atoms with Gasteiger partial charge in [0, 0.05) is 27.9 Å². The number of ketones is 2. The fraction of sp³-hybridized carbons (Fsp3) is 0.222. The molecule has 1 amide bonds. The van der Waals surface area contributed by atoms with Crippen LogP contribution in [-0.4, -0.2) is 50.3 Å². The zero-order valence-corrected chi connectivity index (χ0v) is 20.5. The molecule has 2 unspecified atom stereocenters. The van der Waals surface area contributed by atoms with Gasteiger partial charge >= 0.3 is 0 Å². The molecule has 2 atom stereocenters. The second kappa shape index (κ2) is 8.78. The van der Waals surface area contributed by atoms with Crippen LogP contribution in [-0.2, 0) is 4.79 Å². The summed E-state index contributed by atoms with van der Waals surface area (Å²) in [6, 6.07) is 15.1. The summed E-state index contributed by atoms with van der Waals surface area (Å²) >= 11 is 1.45. The van der Waals surface area contributed by atoms with Crippen molar-refractivity contribution in [2.24, 2.45) is 0 Å². The van der Waals surface area contributed by atoms with Crippen molar-refractivity contribution in [3.8, 4) is 17.2 Å². The summed E-state index contributed by atoms with van der Waals surface area (Å²) in [5, 5.41) is -0.327. The van der Waals surface area contributed by atoms with Crippen LogP contribution in [0.4, 0.5) is 5.69 Å². The number of amides is 1. The van der Waals surface area contributed by atoms with E-state index in [-0.39, 0.29) is 28.8 Å². The van der Waals surface area contributed by atoms with Crippen LogP contribution in [0.3, 0.4) is 0 Å². The van der Waals surface area contributed by atoms with Gasteiger partial charge in [0.15, 0.2) is 23.1 Å². The molecule has 1 saturated heterocycles. The third-order valence-electron chi connectivity index (χ3n) is 6.52. The fourth-order valence-corrected chi connectivity index (χ4v) is 5.67. The van der Waals surface area contributed by atoms with E-state index in [0.29, 0.717) is 45.2 Å². The lowest BCUT2D eigenvalue weighted by atomic mass is 9.83. The monoisotopic (exact) mass is 489 g/mol. The number of methoxy groups -OCH3 is 3. The minimum absolute atomic E-state index is 0.0776. The topological polar surface area (TPSA) is 82.1 Å². The predicted molar refractivity (Wildman–Crippen MR) is 133 cm³/mol. The summed E-state index contributed by atoms with van der Waals surface area (Å²) < 4.78 is 16.5. The first kappa shape index (κ1) is 23.0. The van der Waals surface area contributed by atoms with E-state index in [9.17, 15) is 14.4 Å². The van der Waals surface area contributed by atoms with Gasteiger partial charge in [-0.25, -0.2) is 0 Å². The molecule has 1 aliphatic heterocycles. The Morgan fingerprint density at radius 1 is 0.743 bits per heavy atom. The molecule has 0 radical (unpaired) electrons. The molecule has 0 N–H and O–H groups in total. The van der Waals surface area contributed by atoms with Crippen LogP contribution in [0, 0.1) is 0 Å². The molecule has 0 spiro atoms. The van der Waals surface area contributed by atoms with Gasteiger partial charge in [-0.3, -0.25) is 14.4 Å². The highest BCUT2D eigenvalue weighted by Crippen LogP contribution is 2.49. The van der Waals surface area contributed by atoms with Gasteiger partial charge in [0.25, 0.3) is 0 Å². The Hall–Kier alpha value is -3.78. The number of β-lactam (4-membered cyclic amide) rings is 1. The van der Waals surface area contributed by atoms with Crippen molar-refractivity contribution in [3.05, 3.63) is 82.4 Å². The smallest absolute Gasteiger partial charge is 0.243 e. The molecular weight excluding hydrogens is 466 g/mol. The molecule has 0 aromatic heterocycles. The zero-order chi connectivity index (χ0) is 24.9. The van der Waals surface area contributed by atoms with Crippen LogP contribution in [0.25, 0.3) is 0 Å². The third-order valence-corrected chi connectivity index (χ3v) is 7.48. The maximum atomic E-state index is 13.2. The Kier molecular flexibility index (Phi) is 5.76. The Balaban J connectivity index is 1.59. The van der Waals surface area contributed by atoms with Gasteiger partial charge in [0.1, 0.15) is 5.25 Å². The summed E-state index contributed by atoms with van der Waals surface area (Å²) in [5.41, 5.74) is 2.78. The fourth-order valence-electron chi connectivity index (χ4n) is 4.81. The number of hydrogen-bond donors (Lipinski definition) is 0. The van der Waals surface area contributed by atoms with Crippen molar-refractivity contribution < 1.29 is 28.6 Å². The van der Waals surface area contributed by atoms with Crippen molar-refractivity contribution in [2.75, 3.05) is 32.5 Å². The predicted octanol–water partition coefficient (Wildman–Crippen LogP) is 4.31. The number of rotatable bonds is 6. The first-order chi connectivity index (χ1) is 16.9. The number of fused-ring (bicyclic) bond motifs is 2. The lowest BCUT2D eigenvalue weighted by Gasteiger charge is -2.47. The number of carbonyl (C=O) groups is 3. The summed E-state index contributed by atoms with van der Waals surface area (Å²) in [7, 11) is 4.62.